The van der Waals surface area contributed by atoms with Crippen LogP contribution in [0.1, 0.15) is 13.8 Å². The fraction of sp³-hybridized carbons (Fsp3) is 0.731. The Balaban J connectivity index is 1.49. The molecule has 16 heteroatoms. The van der Waals surface area contributed by atoms with Crippen molar-refractivity contribution in [1.29, 1.82) is 0 Å². The largest absolute Gasteiger partial charge is 0.462 e. The van der Waals surface area contributed by atoms with Crippen LogP contribution in [0.3, 0.4) is 0 Å². The van der Waals surface area contributed by atoms with Gasteiger partial charge in [0.15, 0.2) is 12.6 Å². The Morgan fingerprint density at radius 2 is 1.36 bits per heavy atom. The molecule has 0 spiro atoms. The van der Waals surface area contributed by atoms with Crippen LogP contribution in [0.2, 0.25) is 0 Å². The first-order chi connectivity index (χ1) is 20.0. The molecule has 3 aliphatic heterocycles. The van der Waals surface area contributed by atoms with Crippen LogP contribution >= 0.6 is 0 Å². The number of ether oxygens (including phenoxy) is 6. The molecule has 15 atom stereocenters. The third-order valence-corrected chi connectivity index (χ3v) is 7.43. The van der Waals surface area contributed by atoms with Crippen LogP contribution < -0.4 is 10.1 Å². The number of carbonyl (C=O) groups is 1. The van der Waals surface area contributed by atoms with Crippen molar-refractivity contribution in [2.75, 3.05) is 13.2 Å². The van der Waals surface area contributed by atoms with Crippen LogP contribution in [-0.4, -0.2) is 152 Å². The zero-order valence-corrected chi connectivity index (χ0v) is 22.9. The summed E-state index contributed by atoms with van der Waals surface area (Å²) < 4.78 is 34.0. The Hall–Kier alpha value is -2.03. The number of aliphatic hydroxyl groups excluding tert-OH is 8. The topological polar surface area (TPSA) is 246 Å². The first-order valence-electron chi connectivity index (χ1n) is 13.5. The van der Waals surface area contributed by atoms with Gasteiger partial charge in [0.25, 0.3) is 0 Å². The molecule has 0 bridgehead atoms. The van der Waals surface area contributed by atoms with Crippen molar-refractivity contribution < 1.29 is 74.1 Å². The minimum absolute atomic E-state index is 0.335. The maximum Gasteiger partial charge on any atom is 0.229 e. The number of benzene rings is 1. The van der Waals surface area contributed by atoms with Gasteiger partial charge in [-0.15, -0.1) is 0 Å². The van der Waals surface area contributed by atoms with Crippen molar-refractivity contribution in [3.8, 4) is 5.75 Å². The van der Waals surface area contributed by atoms with Gasteiger partial charge >= 0.3 is 0 Å². The molecule has 3 heterocycles. The number of rotatable bonds is 9. The Kier molecular flexibility index (Phi) is 11.1. The van der Waals surface area contributed by atoms with Crippen molar-refractivity contribution in [2.24, 2.45) is 0 Å². The normalized spacial score (nSPS) is 44.4. The van der Waals surface area contributed by atoms with Crippen molar-refractivity contribution >= 4 is 5.91 Å². The molecule has 3 aliphatic rings. The standard InChI is InChI=1S/C26H39NO15/c1-10-16(31)23(42-24-15(27-11(2)30)18(33)17(32)13(8-28)39-24)21(36)26(37-10)41-22-14(9-29)40-25(20(35)19(22)34)38-12-6-4-3-5-7-12/h3-7,10,13-26,28-29,31-36H,8-9H2,1-2H3,(H,27,30)/t10-,13-,14-,15-,16+,17-,18-,19-,20-,21-,22-,23+,24+,25-,26+/m1/s1. The van der Waals surface area contributed by atoms with Gasteiger partial charge in [0, 0.05) is 6.92 Å². The first-order valence-corrected chi connectivity index (χ1v) is 13.5. The van der Waals surface area contributed by atoms with Gasteiger partial charge < -0.3 is 74.6 Å². The number of hydrogen-bond donors (Lipinski definition) is 9. The average Bonchev–Trinajstić information content (AvgIpc) is 2.97. The quantitative estimate of drug-likeness (QED) is 0.129. The molecule has 1 aromatic carbocycles. The summed E-state index contributed by atoms with van der Waals surface area (Å²) in [5, 5.41) is 86.2. The zero-order valence-electron chi connectivity index (χ0n) is 22.9. The third kappa shape index (κ3) is 7.02. The van der Waals surface area contributed by atoms with E-state index in [0.717, 1.165) is 6.92 Å². The lowest BCUT2D eigenvalue weighted by Gasteiger charge is -2.48. The molecule has 0 aromatic heterocycles. The van der Waals surface area contributed by atoms with E-state index in [0.29, 0.717) is 5.75 Å². The van der Waals surface area contributed by atoms with E-state index in [1.165, 1.54) is 6.92 Å². The molecule has 0 saturated carbocycles. The molecule has 1 aromatic rings. The van der Waals surface area contributed by atoms with E-state index in [9.17, 15) is 45.6 Å². The monoisotopic (exact) mass is 605 g/mol. The molecular formula is C26H39NO15. The van der Waals surface area contributed by atoms with Crippen molar-refractivity contribution in [3.63, 3.8) is 0 Å². The highest BCUT2D eigenvalue weighted by molar-refractivity contribution is 5.73. The highest BCUT2D eigenvalue weighted by atomic mass is 16.8. The lowest BCUT2D eigenvalue weighted by molar-refractivity contribution is -0.368. The van der Waals surface area contributed by atoms with Crippen molar-refractivity contribution in [2.45, 2.75) is 106 Å². The second kappa shape index (κ2) is 14.2. The molecule has 4 rings (SSSR count). The van der Waals surface area contributed by atoms with Gasteiger partial charge in [-0.1, -0.05) is 18.2 Å². The van der Waals surface area contributed by atoms with Crippen LogP contribution in [0.15, 0.2) is 30.3 Å². The lowest BCUT2D eigenvalue weighted by Crippen LogP contribution is -2.68. The first kappa shape index (κ1) is 32.9. The van der Waals surface area contributed by atoms with Crippen LogP contribution in [0, 0.1) is 0 Å². The van der Waals surface area contributed by atoms with E-state index >= 15 is 0 Å². The molecular weight excluding hydrogens is 566 g/mol. The summed E-state index contributed by atoms with van der Waals surface area (Å²) in [4.78, 5) is 11.8. The van der Waals surface area contributed by atoms with E-state index < -0.39 is 111 Å². The minimum atomic E-state index is -1.80. The summed E-state index contributed by atoms with van der Waals surface area (Å²) in [6, 6.07) is 6.98. The Labute approximate surface area is 240 Å². The van der Waals surface area contributed by atoms with Crippen LogP contribution in [0.25, 0.3) is 0 Å². The molecule has 3 fully saturated rings. The molecule has 238 valence electrons. The van der Waals surface area contributed by atoms with E-state index in [1.54, 1.807) is 30.3 Å². The smallest absolute Gasteiger partial charge is 0.229 e. The molecule has 0 aliphatic carbocycles. The summed E-state index contributed by atoms with van der Waals surface area (Å²) in [6.45, 7) is 1.19. The molecule has 42 heavy (non-hydrogen) atoms. The number of hydrogen-bond acceptors (Lipinski definition) is 15. The van der Waals surface area contributed by atoms with E-state index in [-0.39, 0.29) is 0 Å². The molecule has 0 unspecified atom stereocenters. The summed E-state index contributed by atoms with van der Waals surface area (Å²) in [6.07, 6.45) is -21.0. The zero-order chi connectivity index (χ0) is 30.7. The maximum absolute atomic E-state index is 11.8. The highest BCUT2D eigenvalue weighted by Crippen LogP contribution is 2.33. The van der Waals surface area contributed by atoms with Gasteiger partial charge in [-0.25, -0.2) is 0 Å². The average molecular weight is 606 g/mol. The molecule has 9 N–H and O–H groups in total. The van der Waals surface area contributed by atoms with Gasteiger partial charge in [0.05, 0.1) is 19.3 Å². The second-order valence-electron chi connectivity index (χ2n) is 10.5. The molecule has 16 nitrogen and oxygen atoms in total. The van der Waals surface area contributed by atoms with Crippen LogP contribution in [0.4, 0.5) is 0 Å². The summed E-state index contributed by atoms with van der Waals surface area (Å²) in [7, 11) is 0. The summed E-state index contributed by atoms with van der Waals surface area (Å²) in [5.41, 5.74) is 0. The van der Waals surface area contributed by atoms with Gasteiger partial charge in [0.1, 0.15) is 72.8 Å². The summed E-state index contributed by atoms with van der Waals surface area (Å²) >= 11 is 0. The number of para-hydroxylation sites is 1. The fourth-order valence-corrected chi connectivity index (χ4v) is 5.12. The SMILES string of the molecule is CC(=O)N[C@H]1[C@H](O[C@H]2[C@@H](O)[C@@H](C)O[C@@H](O[C@H]3[C@H](O)[C@@H](O)[C@H](Oc4ccccc4)O[C@@H]3CO)[C@@H]2O)O[C@H](CO)[C@@H](O)[C@@H]1O. The van der Waals surface area contributed by atoms with Crippen molar-refractivity contribution in [1.82, 2.24) is 5.32 Å². The number of amides is 1. The maximum atomic E-state index is 11.8. The van der Waals surface area contributed by atoms with Gasteiger partial charge in [-0.3, -0.25) is 4.79 Å². The Bertz CT molecular complexity index is 1000. The van der Waals surface area contributed by atoms with Crippen LogP contribution in [0.5, 0.6) is 5.75 Å². The van der Waals surface area contributed by atoms with Gasteiger partial charge in [-0.05, 0) is 19.1 Å². The predicted molar refractivity (Wildman–Crippen MR) is 136 cm³/mol. The second-order valence-corrected chi connectivity index (χ2v) is 10.5. The Morgan fingerprint density at radius 1 is 0.738 bits per heavy atom. The number of nitrogens with one attached hydrogen (secondary N) is 1. The van der Waals surface area contributed by atoms with E-state index in [4.69, 9.17) is 28.4 Å². The Morgan fingerprint density at radius 3 is 1.98 bits per heavy atom. The predicted octanol–water partition coefficient (Wildman–Crippen LogP) is -4.31. The highest BCUT2D eigenvalue weighted by Gasteiger charge is 2.53. The minimum Gasteiger partial charge on any atom is -0.462 e. The van der Waals surface area contributed by atoms with Gasteiger partial charge in [-0.2, -0.15) is 0 Å². The lowest BCUT2D eigenvalue weighted by atomic mass is 9.95. The molecule has 1 amide bonds. The number of aliphatic hydroxyl groups is 8. The molecule has 0 radical (unpaired) electrons. The van der Waals surface area contributed by atoms with Gasteiger partial charge in [0.2, 0.25) is 12.2 Å². The number of carbonyl (C=O) groups excluding carboxylic acids is 1. The summed E-state index contributed by atoms with van der Waals surface area (Å²) in [5.74, 6) is -0.273. The molecule has 3 saturated heterocycles. The van der Waals surface area contributed by atoms with E-state index in [1.807, 2.05) is 0 Å². The van der Waals surface area contributed by atoms with E-state index in [2.05, 4.69) is 5.32 Å². The fourth-order valence-electron chi connectivity index (χ4n) is 5.12. The van der Waals surface area contributed by atoms with Crippen LogP contribution in [-0.2, 0) is 28.5 Å². The van der Waals surface area contributed by atoms with Crippen molar-refractivity contribution in [3.05, 3.63) is 30.3 Å². The third-order valence-electron chi connectivity index (χ3n) is 7.43.